The minimum absolute atomic E-state index is 0.239. The molecule has 0 atom stereocenters. The zero-order chi connectivity index (χ0) is 15.6. The molecule has 0 aliphatic rings. The van der Waals surface area contributed by atoms with Crippen LogP contribution in [0.4, 0.5) is 8.78 Å². The molecule has 1 N–H and O–H groups in total. The number of nitrogens with one attached hydrogen (secondary N) is 1. The van der Waals surface area contributed by atoms with Crippen LogP contribution >= 0.6 is 0 Å². The number of halogens is 2. The van der Waals surface area contributed by atoms with Crippen molar-refractivity contribution in [2.24, 2.45) is 7.05 Å². The molecule has 0 unspecified atom stereocenters. The first-order valence-corrected chi connectivity index (χ1v) is 6.77. The van der Waals surface area contributed by atoms with Crippen LogP contribution in [-0.4, -0.2) is 15.8 Å². The summed E-state index contributed by atoms with van der Waals surface area (Å²) in [5, 5.41) is 7.60. The molecule has 114 valence electrons. The highest BCUT2D eigenvalue weighted by Crippen LogP contribution is 2.28. The summed E-state index contributed by atoms with van der Waals surface area (Å²) in [5.74, 6) is -1.08. The van der Waals surface area contributed by atoms with Crippen LogP contribution in [0.25, 0.3) is 0 Å². The Morgan fingerprint density at radius 3 is 2.62 bits per heavy atom. The number of aromatic nitrogens is 2. The van der Waals surface area contributed by atoms with Gasteiger partial charge in [0.2, 0.25) is 5.88 Å². The Kier molecular flexibility index (Phi) is 4.57. The molecule has 1 heterocycles. The number of rotatable bonds is 5. The Hall–Kier alpha value is -1.95. The van der Waals surface area contributed by atoms with Crippen LogP contribution in [0.3, 0.4) is 0 Å². The summed E-state index contributed by atoms with van der Waals surface area (Å²) in [7, 11) is 1.75. The van der Waals surface area contributed by atoms with Gasteiger partial charge >= 0.3 is 0 Å². The van der Waals surface area contributed by atoms with E-state index in [4.69, 9.17) is 4.74 Å². The van der Waals surface area contributed by atoms with Crippen LogP contribution in [-0.2, 0) is 13.6 Å². The van der Waals surface area contributed by atoms with Crippen LogP contribution in [0.1, 0.15) is 25.1 Å². The van der Waals surface area contributed by atoms with Crippen molar-refractivity contribution in [3.05, 3.63) is 41.1 Å². The maximum Gasteiger partial charge on any atom is 0.222 e. The van der Waals surface area contributed by atoms with E-state index in [0.717, 1.165) is 23.4 Å². The second-order valence-corrected chi connectivity index (χ2v) is 5.21. The fourth-order valence-corrected chi connectivity index (χ4v) is 1.97. The van der Waals surface area contributed by atoms with Gasteiger partial charge in [0.25, 0.3) is 0 Å². The van der Waals surface area contributed by atoms with E-state index in [2.05, 4.69) is 10.4 Å². The maximum absolute atomic E-state index is 13.3. The highest BCUT2D eigenvalue weighted by Gasteiger charge is 2.16. The van der Waals surface area contributed by atoms with E-state index in [1.807, 2.05) is 20.8 Å². The third kappa shape index (κ3) is 3.58. The molecule has 0 spiro atoms. The number of hydrogen-bond acceptors (Lipinski definition) is 3. The predicted molar refractivity (Wildman–Crippen MR) is 76.4 cm³/mol. The topological polar surface area (TPSA) is 39.1 Å². The van der Waals surface area contributed by atoms with Gasteiger partial charge in [0.15, 0.2) is 11.6 Å². The molecule has 6 heteroatoms. The summed E-state index contributed by atoms with van der Waals surface area (Å²) in [4.78, 5) is 0. The van der Waals surface area contributed by atoms with Gasteiger partial charge in [0.1, 0.15) is 5.75 Å². The van der Waals surface area contributed by atoms with Crippen molar-refractivity contribution >= 4 is 0 Å². The average Bonchev–Trinajstić information content (AvgIpc) is 2.66. The monoisotopic (exact) mass is 295 g/mol. The Morgan fingerprint density at radius 1 is 1.29 bits per heavy atom. The molecule has 0 amide bonds. The fraction of sp³-hybridized carbons (Fsp3) is 0.400. The van der Waals surface area contributed by atoms with Crippen LogP contribution in [0.5, 0.6) is 11.6 Å². The largest absolute Gasteiger partial charge is 0.439 e. The van der Waals surface area contributed by atoms with Crippen LogP contribution in [0, 0.1) is 18.6 Å². The second-order valence-electron chi connectivity index (χ2n) is 5.21. The van der Waals surface area contributed by atoms with Gasteiger partial charge in [-0.05, 0) is 19.1 Å². The van der Waals surface area contributed by atoms with E-state index in [-0.39, 0.29) is 5.75 Å². The fourth-order valence-electron chi connectivity index (χ4n) is 1.97. The van der Waals surface area contributed by atoms with E-state index < -0.39 is 11.6 Å². The molecule has 1 aromatic carbocycles. The lowest BCUT2D eigenvalue weighted by Crippen LogP contribution is -2.22. The zero-order valence-corrected chi connectivity index (χ0v) is 12.6. The van der Waals surface area contributed by atoms with E-state index in [9.17, 15) is 8.78 Å². The quantitative estimate of drug-likeness (QED) is 0.920. The van der Waals surface area contributed by atoms with Gasteiger partial charge in [0, 0.05) is 25.7 Å². The normalized spacial score (nSPS) is 11.2. The minimum atomic E-state index is -0.937. The molecular formula is C15H19F2N3O. The third-order valence-electron chi connectivity index (χ3n) is 3.08. The number of ether oxygens (including phenoxy) is 1. The van der Waals surface area contributed by atoms with Gasteiger partial charge in [-0.1, -0.05) is 13.8 Å². The molecule has 4 nitrogen and oxygen atoms in total. The Bertz CT molecular complexity index is 638. The first kappa shape index (κ1) is 15.4. The molecule has 0 saturated carbocycles. The van der Waals surface area contributed by atoms with E-state index in [1.54, 1.807) is 11.7 Å². The molecule has 0 aliphatic carbocycles. The highest BCUT2D eigenvalue weighted by molar-refractivity contribution is 5.36. The van der Waals surface area contributed by atoms with Crippen molar-refractivity contribution in [3.63, 3.8) is 0 Å². The molecule has 0 bridgehead atoms. The average molecular weight is 295 g/mol. The summed E-state index contributed by atoms with van der Waals surface area (Å²) < 4.78 is 33.5. The summed E-state index contributed by atoms with van der Waals surface area (Å²) >= 11 is 0. The molecule has 1 aromatic heterocycles. The molecular weight excluding hydrogens is 276 g/mol. The highest BCUT2D eigenvalue weighted by atomic mass is 19.2. The molecule has 0 aliphatic heterocycles. The van der Waals surface area contributed by atoms with Crippen molar-refractivity contribution in [2.45, 2.75) is 33.4 Å². The van der Waals surface area contributed by atoms with Crippen molar-refractivity contribution < 1.29 is 13.5 Å². The number of benzene rings is 1. The first-order valence-electron chi connectivity index (χ1n) is 6.77. The van der Waals surface area contributed by atoms with Gasteiger partial charge in [-0.3, -0.25) is 0 Å². The van der Waals surface area contributed by atoms with Crippen molar-refractivity contribution in [2.75, 3.05) is 0 Å². The summed E-state index contributed by atoms with van der Waals surface area (Å²) in [6.07, 6.45) is 0. The second kappa shape index (κ2) is 6.22. The van der Waals surface area contributed by atoms with Gasteiger partial charge in [0.05, 0.1) is 11.3 Å². The lowest BCUT2D eigenvalue weighted by atomic mass is 10.2. The number of nitrogens with zero attached hydrogens (tertiary/aromatic N) is 2. The maximum atomic E-state index is 13.3. The molecule has 0 saturated heterocycles. The number of aryl methyl sites for hydroxylation is 2. The lowest BCUT2D eigenvalue weighted by molar-refractivity contribution is 0.414. The molecule has 2 rings (SSSR count). The van der Waals surface area contributed by atoms with Gasteiger partial charge < -0.3 is 10.1 Å². The molecule has 2 aromatic rings. The van der Waals surface area contributed by atoms with Gasteiger partial charge in [-0.2, -0.15) is 5.10 Å². The summed E-state index contributed by atoms with van der Waals surface area (Å²) in [6, 6.07) is 3.78. The third-order valence-corrected chi connectivity index (χ3v) is 3.08. The van der Waals surface area contributed by atoms with Gasteiger partial charge in [-0.15, -0.1) is 0 Å². The van der Waals surface area contributed by atoms with E-state index in [0.29, 0.717) is 18.5 Å². The molecule has 0 fully saturated rings. The molecule has 0 radical (unpaired) electrons. The minimum Gasteiger partial charge on any atom is -0.439 e. The molecule has 21 heavy (non-hydrogen) atoms. The summed E-state index contributed by atoms with van der Waals surface area (Å²) in [5.41, 5.74) is 1.74. The van der Waals surface area contributed by atoms with Crippen molar-refractivity contribution in [1.29, 1.82) is 0 Å². The van der Waals surface area contributed by atoms with Crippen LogP contribution in [0.15, 0.2) is 18.2 Å². The Morgan fingerprint density at radius 2 is 2.00 bits per heavy atom. The van der Waals surface area contributed by atoms with Gasteiger partial charge in [-0.25, -0.2) is 13.5 Å². The number of hydrogen-bond donors (Lipinski definition) is 1. The smallest absolute Gasteiger partial charge is 0.222 e. The van der Waals surface area contributed by atoms with Crippen molar-refractivity contribution in [3.8, 4) is 11.6 Å². The lowest BCUT2D eigenvalue weighted by Gasteiger charge is -2.11. The van der Waals surface area contributed by atoms with Crippen molar-refractivity contribution in [1.82, 2.24) is 15.1 Å². The predicted octanol–water partition coefficient (Wildman–Crippen LogP) is 3.30. The summed E-state index contributed by atoms with van der Waals surface area (Å²) in [6.45, 7) is 6.56. The first-order chi connectivity index (χ1) is 9.88. The van der Waals surface area contributed by atoms with E-state index in [1.165, 1.54) is 6.07 Å². The standard InChI is InChI=1S/C15H19F2N3O/c1-9(2)18-8-12-10(3)19-20(4)15(12)21-11-5-6-13(16)14(17)7-11/h5-7,9,18H,8H2,1-4H3. The zero-order valence-electron chi connectivity index (χ0n) is 12.6. The van der Waals surface area contributed by atoms with E-state index >= 15 is 0 Å². The SMILES string of the molecule is Cc1nn(C)c(Oc2ccc(F)c(F)c2)c1CNC(C)C. The Labute approximate surface area is 122 Å². The van der Waals surface area contributed by atoms with Crippen LogP contribution < -0.4 is 10.1 Å². The van der Waals surface area contributed by atoms with Crippen LogP contribution in [0.2, 0.25) is 0 Å². The Balaban J connectivity index is 2.28.